The van der Waals surface area contributed by atoms with Crippen molar-refractivity contribution < 1.29 is 5.11 Å². The van der Waals surface area contributed by atoms with E-state index in [0.717, 1.165) is 29.6 Å². The maximum Gasteiger partial charge on any atom is 0.209 e. The minimum absolute atomic E-state index is 0.0862. The van der Waals surface area contributed by atoms with Gasteiger partial charge in [0, 0.05) is 17.8 Å². The van der Waals surface area contributed by atoms with Crippen LogP contribution in [-0.4, -0.2) is 37.4 Å². The Labute approximate surface area is 128 Å². The number of phenolic OH excluding ortho intramolecular Hbond substituents is 1. The molecule has 0 fully saturated rings. The van der Waals surface area contributed by atoms with Crippen LogP contribution >= 0.6 is 11.8 Å². The molecule has 0 spiro atoms. The van der Waals surface area contributed by atoms with E-state index in [2.05, 4.69) is 41.6 Å². The molecule has 21 heavy (non-hydrogen) atoms. The van der Waals surface area contributed by atoms with Crippen molar-refractivity contribution in [1.29, 1.82) is 0 Å². The number of aromatic hydroxyl groups is 1. The average molecular weight is 307 g/mol. The van der Waals surface area contributed by atoms with Gasteiger partial charge in [-0.05, 0) is 48.9 Å². The fourth-order valence-electron chi connectivity index (χ4n) is 1.77. The van der Waals surface area contributed by atoms with E-state index in [1.54, 1.807) is 28.6 Å². The number of aromatic nitrogens is 4. The summed E-state index contributed by atoms with van der Waals surface area (Å²) in [5.41, 5.74) is 1.13. The molecule has 0 aliphatic carbocycles. The van der Waals surface area contributed by atoms with Gasteiger partial charge in [0.1, 0.15) is 5.75 Å². The van der Waals surface area contributed by atoms with Crippen molar-refractivity contribution in [1.82, 2.24) is 25.5 Å². The molecule has 0 bridgehead atoms. The standard InChI is InChI=1S/C14H21N5OS/c1-14(2,3)15-7-8-19-13(16-17-18-19)21-10-11-5-4-6-12(20)9-11/h4-6,9,15,20H,7-8,10H2,1-3H3. The summed E-state index contributed by atoms with van der Waals surface area (Å²) in [6, 6.07) is 7.22. The summed E-state index contributed by atoms with van der Waals surface area (Å²) in [6.45, 7) is 7.93. The number of nitrogens with one attached hydrogen (secondary N) is 1. The van der Waals surface area contributed by atoms with Crippen LogP contribution in [0.1, 0.15) is 26.3 Å². The number of hydrogen-bond acceptors (Lipinski definition) is 6. The summed E-state index contributed by atoms with van der Waals surface area (Å²) in [5.74, 6) is 1.00. The fourth-order valence-corrected chi connectivity index (χ4v) is 2.62. The lowest BCUT2D eigenvalue weighted by Gasteiger charge is -2.20. The van der Waals surface area contributed by atoms with Crippen LogP contribution in [0.5, 0.6) is 5.75 Å². The highest BCUT2D eigenvalue weighted by molar-refractivity contribution is 7.98. The summed E-state index contributed by atoms with van der Waals surface area (Å²) < 4.78 is 1.80. The largest absolute Gasteiger partial charge is 0.508 e. The number of rotatable bonds is 6. The van der Waals surface area contributed by atoms with Crippen LogP contribution in [0, 0.1) is 0 Å². The molecule has 2 aromatic rings. The molecule has 0 atom stereocenters. The summed E-state index contributed by atoms with van der Waals surface area (Å²) in [6.07, 6.45) is 0. The zero-order valence-corrected chi connectivity index (χ0v) is 13.4. The Hall–Kier alpha value is -1.60. The molecule has 7 heteroatoms. The zero-order chi connectivity index (χ0) is 15.3. The Kier molecular flexibility index (Phi) is 5.19. The van der Waals surface area contributed by atoms with E-state index in [4.69, 9.17) is 0 Å². The minimum Gasteiger partial charge on any atom is -0.508 e. The van der Waals surface area contributed by atoms with E-state index in [9.17, 15) is 5.11 Å². The minimum atomic E-state index is 0.0862. The van der Waals surface area contributed by atoms with Gasteiger partial charge in [-0.2, -0.15) is 0 Å². The topological polar surface area (TPSA) is 75.9 Å². The molecule has 2 rings (SSSR count). The Bertz CT molecular complexity index is 579. The molecular weight excluding hydrogens is 286 g/mol. The molecule has 0 amide bonds. The molecule has 0 saturated carbocycles. The number of nitrogens with zero attached hydrogens (tertiary/aromatic N) is 4. The summed E-state index contributed by atoms with van der Waals surface area (Å²) >= 11 is 1.56. The second kappa shape index (κ2) is 6.91. The SMILES string of the molecule is CC(C)(C)NCCn1nnnc1SCc1cccc(O)c1. The van der Waals surface area contributed by atoms with Crippen molar-refractivity contribution in [2.75, 3.05) is 6.54 Å². The third kappa shape index (κ3) is 5.35. The quantitative estimate of drug-likeness (QED) is 0.796. The zero-order valence-electron chi connectivity index (χ0n) is 12.6. The van der Waals surface area contributed by atoms with Crippen molar-refractivity contribution >= 4 is 11.8 Å². The first-order valence-electron chi connectivity index (χ1n) is 6.86. The summed E-state index contributed by atoms with van der Waals surface area (Å²) in [5, 5.41) is 25.4. The van der Waals surface area contributed by atoms with Crippen LogP contribution < -0.4 is 5.32 Å². The van der Waals surface area contributed by atoms with Gasteiger partial charge in [-0.1, -0.05) is 23.9 Å². The van der Waals surface area contributed by atoms with Crippen molar-refractivity contribution in [2.24, 2.45) is 0 Å². The van der Waals surface area contributed by atoms with Gasteiger partial charge < -0.3 is 10.4 Å². The predicted molar refractivity (Wildman–Crippen MR) is 83.2 cm³/mol. The van der Waals surface area contributed by atoms with E-state index < -0.39 is 0 Å². The number of benzene rings is 1. The predicted octanol–water partition coefficient (Wildman–Crippen LogP) is 2.06. The van der Waals surface area contributed by atoms with Crippen molar-refractivity contribution in [3.63, 3.8) is 0 Å². The van der Waals surface area contributed by atoms with Gasteiger partial charge in [0.05, 0.1) is 6.54 Å². The van der Waals surface area contributed by atoms with Gasteiger partial charge in [-0.15, -0.1) is 5.10 Å². The molecule has 1 heterocycles. The van der Waals surface area contributed by atoms with E-state index in [1.165, 1.54) is 0 Å². The van der Waals surface area contributed by atoms with Gasteiger partial charge in [-0.3, -0.25) is 0 Å². The first kappa shape index (κ1) is 15.8. The molecule has 114 valence electrons. The van der Waals surface area contributed by atoms with Crippen LogP contribution in [0.2, 0.25) is 0 Å². The number of thioether (sulfide) groups is 1. The smallest absolute Gasteiger partial charge is 0.209 e. The van der Waals surface area contributed by atoms with Gasteiger partial charge in [-0.25, -0.2) is 4.68 Å². The Morgan fingerprint density at radius 2 is 2.14 bits per heavy atom. The van der Waals surface area contributed by atoms with Crippen LogP contribution in [-0.2, 0) is 12.3 Å². The summed E-state index contributed by atoms with van der Waals surface area (Å²) in [4.78, 5) is 0. The second-order valence-corrected chi connectivity index (χ2v) is 6.76. The van der Waals surface area contributed by atoms with Gasteiger partial charge in [0.15, 0.2) is 0 Å². The normalized spacial score (nSPS) is 11.8. The Morgan fingerprint density at radius 3 is 2.86 bits per heavy atom. The van der Waals surface area contributed by atoms with Crippen molar-refractivity contribution in [3.05, 3.63) is 29.8 Å². The second-order valence-electron chi connectivity index (χ2n) is 5.82. The molecule has 1 aromatic carbocycles. The molecule has 0 aliphatic heterocycles. The molecular formula is C14H21N5OS. The van der Waals surface area contributed by atoms with Crippen LogP contribution in [0.25, 0.3) is 0 Å². The molecule has 6 nitrogen and oxygen atoms in total. The maximum absolute atomic E-state index is 9.45. The van der Waals surface area contributed by atoms with Crippen LogP contribution in [0.15, 0.2) is 29.4 Å². The van der Waals surface area contributed by atoms with E-state index in [-0.39, 0.29) is 11.3 Å². The first-order valence-corrected chi connectivity index (χ1v) is 7.84. The lowest BCUT2D eigenvalue weighted by atomic mass is 10.1. The lowest BCUT2D eigenvalue weighted by molar-refractivity contribution is 0.396. The Morgan fingerprint density at radius 1 is 1.33 bits per heavy atom. The highest BCUT2D eigenvalue weighted by Gasteiger charge is 2.10. The highest BCUT2D eigenvalue weighted by Crippen LogP contribution is 2.21. The van der Waals surface area contributed by atoms with E-state index in [0.29, 0.717) is 0 Å². The molecule has 0 radical (unpaired) electrons. The van der Waals surface area contributed by atoms with E-state index >= 15 is 0 Å². The van der Waals surface area contributed by atoms with Gasteiger partial charge in [0.2, 0.25) is 5.16 Å². The monoisotopic (exact) mass is 307 g/mol. The average Bonchev–Trinajstić information content (AvgIpc) is 2.82. The number of tetrazole rings is 1. The third-order valence-electron chi connectivity index (χ3n) is 2.76. The molecule has 0 saturated heterocycles. The molecule has 1 aromatic heterocycles. The Balaban J connectivity index is 1.88. The van der Waals surface area contributed by atoms with Gasteiger partial charge in [0.25, 0.3) is 0 Å². The van der Waals surface area contributed by atoms with E-state index in [1.807, 2.05) is 12.1 Å². The first-order chi connectivity index (χ1) is 9.94. The fraction of sp³-hybridized carbons (Fsp3) is 0.500. The molecule has 0 aliphatic rings. The van der Waals surface area contributed by atoms with Gasteiger partial charge >= 0.3 is 0 Å². The highest BCUT2D eigenvalue weighted by atomic mass is 32.2. The summed E-state index contributed by atoms with van der Waals surface area (Å²) in [7, 11) is 0. The molecule has 0 unspecified atom stereocenters. The van der Waals surface area contributed by atoms with Crippen LogP contribution in [0.4, 0.5) is 0 Å². The molecule has 2 N–H and O–H groups in total. The van der Waals surface area contributed by atoms with Crippen molar-refractivity contribution in [3.8, 4) is 5.75 Å². The number of phenols is 1. The van der Waals surface area contributed by atoms with Crippen molar-refractivity contribution in [2.45, 2.75) is 43.8 Å². The third-order valence-corrected chi connectivity index (χ3v) is 3.78. The van der Waals surface area contributed by atoms with Crippen LogP contribution in [0.3, 0.4) is 0 Å². The number of hydrogen-bond donors (Lipinski definition) is 2. The maximum atomic E-state index is 9.45. The lowest BCUT2D eigenvalue weighted by Crippen LogP contribution is -2.38.